The molecular formula is C53H90O22. The van der Waals surface area contributed by atoms with Crippen molar-refractivity contribution in [1.82, 2.24) is 0 Å². The standard InChI is InChI=1S/C53H90O22/c1-22(2)11-10-14-53(9,75-47-42(67)38(63)36(61)29(73-47)21-69-45-40(65)34(59)26(56)20-68-45)24-12-16-51(7)32(24)25(55)17-30-50(6)15-13-31(57)49(4,5)44(50)27(18-52(30,51)8)71-48-43(39(64)35(60)28(19-54)72-48)74-46-41(66)37(62)33(58)23(3)70-46/h11,23-48,54-67H,10,12-21H2,1-9H3/t23-,24-,25+,26-,27-,28+,29+,30+,31-,32-,33-,34-,35+,36+,37+,38-,39-,40+,41+,42+,43+,44-,45-,46-,47-,48+,50+,51+,52+,53-/m0/s1. The molecule has 4 aliphatic carbocycles. The van der Waals surface area contributed by atoms with Crippen LogP contribution in [0.3, 0.4) is 0 Å². The number of ether oxygens (including phenoxy) is 8. The lowest BCUT2D eigenvalue weighted by molar-refractivity contribution is -0.382. The number of hydrogen-bond acceptors (Lipinski definition) is 22. The fraction of sp³-hybridized carbons (Fsp3) is 0.962. The Balaban J connectivity index is 1.12. The van der Waals surface area contributed by atoms with Crippen molar-refractivity contribution < 1.29 is 109 Å². The summed E-state index contributed by atoms with van der Waals surface area (Å²) in [6, 6.07) is 0. The third-order valence-electron chi connectivity index (χ3n) is 20.4. The van der Waals surface area contributed by atoms with E-state index < -0.39 is 187 Å². The zero-order valence-corrected chi connectivity index (χ0v) is 44.9. The first-order valence-corrected chi connectivity index (χ1v) is 27.2. The maximum Gasteiger partial charge on any atom is 0.187 e. The van der Waals surface area contributed by atoms with Gasteiger partial charge in [0.25, 0.3) is 0 Å². The smallest absolute Gasteiger partial charge is 0.187 e. The van der Waals surface area contributed by atoms with E-state index in [-0.39, 0.29) is 18.4 Å². The summed E-state index contributed by atoms with van der Waals surface area (Å²) in [5, 5.41) is 155. The van der Waals surface area contributed by atoms with Crippen LogP contribution < -0.4 is 0 Å². The molecule has 22 heteroatoms. The van der Waals surface area contributed by atoms with Gasteiger partial charge in [-0.2, -0.15) is 0 Å². The van der Waals surface area contributed by atoms with Crippen molar-refractivity contribution in [3.63, 3.8) is 0 Å². The normalized spacial score (nSPS) is 53.7. The zero-order chi connectivity index (χ0) is 55.2. The van der Waals surface area contributed by atoms with Gasteiger partial charge in [0.15, 0.2) is 25.2 Å². The Morgan fingerprint density at radius 1 is 0.653 bits per heavy atom. The molecule has 0 aromatic rings. The Morgan fingerprint density at radius 2 is 1.28 bits per heavy atom. The molecule has 14 N–H and O–H groups in total. The summed E-state index contributed by atoms with van der Waals surface area (Å²) < 4.78 is 49.7. The van der Waals surface area contributed by atoms with Gasteiger partial charge in [-0.1, -0.05) is 46.3 Å². The molecule has 4 saturated carbocycles. The van der Waals surface area contributed by atoms with Gasteiger partial charge in [-0.05, 0) is 124 Å². The van der Waals surface area contributed by atoms with Crippen molar-refractivity contribution in [2.24, 2.45) is 45.3 Å². The minimum absolute atomic E-state index is 0.136. The van der Waals surface area contributed by atoms with E-state index in [1.807, 2.05) is 34.6 Å². The number of aliphatic hydroxyl groups excluding tert-OH is 14. The molecule has 0 spiro atoms. The Hall–Kier alpha value is -1.14. The maximum absolute atomic E-state index is 12.9. The predicted octanol–water partition coefficient (Wildman–Crippen LogP) is -1.57. The molecule has 75 heavy (non-hydrogen) atoms. The largest absolute Gasteiger partial charge is 0.394 e. The molecule has 22 nitrogen and oxygen atoms in total. The van der Waals surface area contributed by atoms with Gasteiger partial charge in [0, 0.05) is 0 Å². The van der Waals surface area contributed by atoms with E-state index in [9.17, 15) is 71.5 Å². The third kappa shape index (κ3) is 10.5. The molecule has 8 rings (SSSR count). The first-order valence-electron chi connectivity index (χ1n) is 27.2. The molecule has 0 radical (unpaired) electrons. The van der Waals surface area contributed by atoms with Crippen LogP contribution >= 0.6 is 0 Å². The molecule has 30 atom stereocenters. The second kappa shape index (κ2) is 22.3. The zero-order valence-electron chi connectivity index (χ0n) is 44.9. The summed E-state index contributed by atoms with van der Waals surface area (Å²) in [6.45, 7) is 16.4. The monoisotopic (exact) mass is 1080 g/mol. The van der Waals surface area contributed by atoms with Gasteiger partial charge in [0.1, 0.15) is 85.5 Å². The van der Waals surface area contributed by atoms with E-state index in [4.69, 9.17) is 37.9 Å². The molecule has 0 bridgehead atoms. The van der Waals surface area contributed by atoms with Crippen LogP contribution in [0.1, 0.15) is 114 Å². The number of fused-ring (bicyclic) bond motifs is 5. The van der Waals surface area contributed by atoms with E-state index in [1.165, 1.54) is 6.92 Å². The van der Waals surface area contributed by atoms with Gasteiger partial charge in [-0.25, -0.2) is 0 Å². The summed E-state index contributed by atoms with van der Waals surface area (Å²) in [7, 11) is 0. The predicted molar refractivity (Wildman–Crippen MR) is 260 cm³/mol. The van der Waals surface area contributed by atoms with Crippen molar-refractivity contribution in [1.29, 1.82) is 0 Å². The van der Waals surface area contributed by atoms with Gasteiger partial charge < -0.3 is 109 Å². The van der Waals surface area contributed by atoms with E-state index in [1.54, 1.807) is 0 Å². The highest BCUT2D eigenvalue weighted by atomic mass is 16.8. The van der Waals surface area contributed by atoms with Crippen molar-refractivity contribution in [3.05, 3.63) is 11.6 Å². The molecule has 0 aromatic carbocycles. The van der Waals surface area contributed by atoms with Crippen molar-refractivity contribution in [2.75, 3.05) is 19.8 Å². The average molecular weight is 1080 g/mol. The third-order valence-corrected chi connectivity index (χ3v) is 20.4. The van der Waals surface area contributed by atoms with Gasteiger partial charge in [0.2, 0.25) is 0 Å². The highest BCUT2D eigenvalue weighted by molar-refractivity contribution is 5.22. The second-order valence-corrected chi connectivity index (χ2v) is 25.4. The summed E-state index contributed by atoms with van der Waals surface area (Å²) >= 11 is 0. The highest BCUT2D eigenvalue weighted by Gasteiger charge is 2.74. The van der Waals surface area contributed by atoms with Gasteiger partial charge in [0.05, 0.1) is 49.8 Å². The van der Waals surface area contributed by atoms with E-state index in [2.05, 4.69) is 26.8 Å². The highest BCUT2D eigenvalue weighted by Crippen LogP contribution is 2.76. The van der Waals surface area contributed by atoms with Crippen LogP contribution in [-0.4, -0.2) is 232 Å². The number of rotatable bonds is 14. The van der Waals surface area contributed by atoms with E-state index >= 15 is 0 Å². The van der Waals surface area contributed by atoms with Gasteiger partial charge in [-0.3, -0.25) is 0 Å². The lowest BCUT2D eigenvalue weighted by atomic mass is 9.34. The van der Waals surface area contributed by atoms with Crippen molar-refractivity contribution in [3.8, 4) is 0 Å². The Kier molecular flexibility index (Phi) is 17.8. The van der Waals surface area contributed by atoms with E-state index in [0.717, 1.165) is 5.57 Å². The van der Waals surface area contributed by atoms with Crippen LogP contribution in [0.2, 0.25) is 0 Å². The number of aliphatic hydroxyl groups is 14. The molecule has 8 fully saturated rings. The molecular weight excluding hydrogens is 989 g/mol. The Morgan fingerprint density at radius 3 is 1.95 bits per heavy atom. The molecule has 4 saturated heterocycles. The lowest BCUT2D eigenvalue weighted by Crippen LogP contribution is -2.71. The molecule has 4 heterocycles. The van der Waals surface area contributed by atoms with Crippen LogP contribution in [0.4, 0.5) is 0 Å². The van der Waals surface area contributed by atoms with Crippen molar-refractivity contribution >= 4 is 0 Å². The molecule has 434 valence electrons. The molecule has 0 unspecified atom stereocenters. The minimum atomic E-state index is -1.77. The summed E-state index contributed by atoms with van der Waals surface area (Å²) in [4.78, 5) is 0. The summed E-state index contributed by atoms with van der Waals surface area (Å²) in [6.07, 6.45) is -25.7. The fourth-order valence-corrected chi connectivity index (χ4v) is 16.0. The molecule has 4 aliphatic heterocycles. The topological polar surface area (TPSA) is 357 Å². The molecule has 0 amide bonds. The average Bonchev–Trinajstić information content (AvgIpc) is 3.75. The van der Waals surface area contributed by atoms with Crippen molar-refractivity contribution in [2.45, 2.75) is 254 Å². The number of hydrogen-bond donors (Lipinski definition) is 14. The second-order valence-electron chi connectivity index (χ2n) is 25.4. The molecule has 8 aliphatic rings. The van der Waals surface area contributed by atoms with E-state index in [0.29, 0.717) is 51.4 Å². The fourth-order valence-electron chi connectivity index (χ4n) is 16.0. The SMILES string of the molecule is CC(C)=CCC[C@](C)(O[C@@H]1O[C@H](CO[C@@H]2OC[C@H](O)[C@H](O)[C@H]2O)[C@@H](O)[C@H](O)[C@H]1O)[C@H]1CC[C@]2(C)[C@@H]1[C@H](O)C[C@@H]1[C@@]3(C)CC[C@H](O)C(C)(C)[C@@H]3[C@@H](O[C@@H]3O[C@H](CO)[C@@H](O)[C@H](O)[C@H]3O[C@@H]3O[C@@H](C)[C@H](O)[C@@H](O)[C@H]3O)C[C@]12C. The summed E-state index contributed by atoms with van der Waals surface area (Å²) in [5.74, 6) is -1.37. The van der Waals surface area contributed by atoms with Gasteiger partial charge in [-0.15, -0.1) is 0 Å². The summed E-state index contributed by atoms with van der Waals surface area (Å²) in [5.41, 5.74) is -2.78. The maximum atomic E-state index is 12.9. The minimum Gasteiger partial charge on any atom is -0.394 e. The van der Waals surface area contributed by atoms with Crippen LogP contribution in [0.5, 0.6) is 0 Å². The van der Waals surface area contributed by atoms with Crippen LogP contribution in [0.25, 0.3) is 0 Å². The van der Waals surface area contributed by atoms with Gasteiger partial charge >= 0.3 is 0 Å². The Labute approximate surface area is 439 Å². The van der Waals surface area contributed by atoms with Crippen LogP contribution in [0.15, 0.2) is 11.6 Å². The first kappa shape index (κ1) is 60.0. The van der Waals surface area contributed by atoms with Crippen LogP contribution in [0, 0.1) is 45.3 Å². The molecule has 0 aromatic heterocycles. The quantitative estimate of drug-likeness (QED) is 0.0691. The Bertz CT molecular complexity index is 1960. The first-order chi connectivity index (χ1) is 35.0. The lowest BCUT2D eigenvalue weighted by Gasteiger charge is -2.72. The number of allylic oxidation sites excluding steroid dienone is 2. The van der Waals surface area contributed by atoms with Crippen LogP contribution in [-0.2, 0) is 37.9 Å².